The van der Waals surface area contributed by atoms with Gasteiger partial charge in [0.2, 0.25) is 0 Å². The highest BCUT2D eigenvalue weighted by molar-refractivity contribution is 4.60. The maximum absolute atomic E-state index is 5.47. The maximum Gasteiger partial charge on any atom is 0.0589 e. The minimum Gasteiger partial charge on any atom is -0.383 e. The zero-order valence-electron chi connectivity index (χ0n) is 9.96. The van der Waals surface area contributed by atoms with Crippen LogP contribution in [0.15, 0.2) is 0 Å². The van der Waals surface area contributed by atoms with Gasteiger partial charge >= 0.3 is 0 Å². The van der Waals surface area contributed by atoms with E-state index in [0.717, 1.165) is 45.1 Å². The van der Waals surface area contributed by atoms with Gasteiger partial charge < -0.3 is 15.4 Å². The number of rotatable bonds is 9. The lowest BCUT2D eigenvalue weighted by Crippen LogP contribution is -2.32. The highest BCUT2D eigenvalue weighted by Crippen LogP contribution is 2.00. The molecule has 86 valence electrons. The molecular formula is C11H26N2O. The second-order valence-corrected chi connectivity index (χ2v) is 4.18. The molecule has 0 atom stereocenters. The van der Waals surface area contributed by atoms with Gasteiger partial charge in [-0.15, -0.1) is 0 Å². The largest absolute Gasteiger partial charge is 0.383 e. The Balaban J connectivity index is 3.61. The van der Waals surface area contributed by atoms with Crippen LogP contribution in [-0.2, 0) is 4.74 Å². The van der Waals surface area contributed by atoms with E-state index in [9.17, 15) is 0 Å². The first-order chi connectivity index (χ1) is 6.70. The van der Waals surface area contributed by atoms with Gasteiger partial charge in [0.15, 0.2) is 0 Å². The predicted molar refractivity (Wildman–Crippen MR) is 61.4 cm³/mol. The Morgan fingerprint density at radius 3 is 2.43 bits per heavy atom. The molecule has 0 saturated heterocycles. The number of unbranched alkanes of at least 4 members (excludes halogenated alkanes) is 1. The second-order valence-electron chi connectivity index (χ2n) is 4.18. The molecule has 3 heteroatoms. The van der Waals surface area contributed by atoms with Crippen molar-refractivity contribution in [3.8, 4) is 0 Å². The van der Waals surface area contributed by atoms with Crippen molar-refractivity contribution in [2.24, 2.45) is 11.7 Å². The fourth-order valence-electron chi connectivity index (χ4n) is 1.51. The lowest BCUT2D eigenvalue weighted by molar-refractivity contribution is 0.139. The molecule has 0 rings (SSSR count). The molecule has 0 unspecified atom stereocenters. The van der Waals surface area contributed by atoms with Crippen molar-refractivity contribution in [3.63, 3.8) is 0 Å². The smallest absolute Gasteiger partial charge is 0.0589 e. The zero-order chi connectivity index (χ0) is 10.8. The van der Waals surface area contributed by atoms with E-state index >= 15 is 0 Å². The van der Waals surface area contributed by atoms with Gasteiger partial charge in [0.25, 0.3) is 0 Å². The average molecular weight is 202 g/mol. The summed E-state index contributed by atoms with van der Waals surface area (Å²) >= 11 is 0. The third-order valence-electron chi connectivity index (χ3n) is 2.16. The van der Waals surface area contributed by atoms with Crippen LogP contribution >= 0.6 is 0 Å². The summed E-state index contributed by atoms with van der Waals surface area (Å²) in [6.07, 6.45) is 2.33. The molecule has 0 saturated carbocycles. The fraction of sp³-hybridized carbons (Fsp3) is 1.00. The number of nitrogens with two attached hydrogens (primary N) is 1. The predicted octanol–water partition coefficient (Wildman–Crippen LogP) is 1.33. The van der Waals surface area contributed by atoms with Crippen molar-refractivity contribution >= 4 is 0 Å². The quantitative estimate of drug-likeness (QED) is 0.573. The van der Waals surface area contributed by atoms with Gasteiger partial charge in [-0.1, -0.05) is 13.8 Å². The second kappa shape index (κ2) is 9.44. The molecule has 3 nitrogen and oxygen atoms in total. The van der Waals surface area contributed by atoms with Gasteiger partial charge in [-0.25, -0.2) is 0 Å². The van der Waals surface area contributed by atoms with Crippen molar-refractivity contribution in [1.29, 1.82) is 0 Å². The SMILES string of the molecule is COCCN(CCCCN)CC(C)C. The highest BCUT2D eigenvalue weighted by Gasteiger charge is 2.06. The zero-order valence-corrected chi connectivity index (χ0v) is 9.96. The Morgan fingerprint density at radius 2 is 1.93 bits per heavy atom. The topological polar surface area (TPSA) is 38.5 Å². The van der Waals surface area contributed by atoms with Gasteiger partial charge in [0, 0.05) is 20.2 Å². The maximum atomic E-state index is 5.47. The van der Waals surface area contributed by atoms with Crippen LogP contribution in [-0.4, -0.2) is 44.8 Å². The van der Waals surface area contributed by atoms with Gasteiger partial charge in [-0.2, -0.15) is 0 Å². The molecule has 0 aromatic rings. The Bertz CT molecular complexity index is 118. The molecule has 0 fully saturated rings. The molecule has 0 heterocycles. The number of ether oxygens (including phenoxy) is 1. The van der Waals surface area contributed by atoms with Crippen LogP contribution in [0, 0.1) is 5.92 Å². The van der Waals surface area contributed by atoms with E-state index in [-0.39, 0.29) is 0 Å². The molecule has 2 N–H and O–H groups in total. The van der Waals surface area contributed by atoms with Crippen LogP contribution in [0.4, 0.5) is 0 Å². The van der Waals surface area contributed by atoms with Crippen LogP contribution in [0.25, 0.3) is 0 Å². The van der Waals surface area contributed by atoms with Crippen molar-refractivity contribution < 1.29 is 4.74 Å². The lowest BCUT2D eigenvalue weighted by Gasteiger charge is -2.23. The summed E-state index contributed by atoms with van der Waals surface area (Å²) in [6.45, 7) is 9.49. The molecule has 0 aliphatic rings. The first-order valence-electron chi connectivity index (χ1n) is 5.62. The normalized spacial score (nSPS) is 11.6. The number of nitrogens with zero attached hydrogens (tertiary/aromatic N) is 1. The molecular weight excluding hydrogens is 176 g/mol. The minimum atomic E-state index is 0.727. The average Bonchev–Trinajstić information content (AvgIpc) is 2.13. The molecule has 0 amide bonds. The van der Waals surface area contributed by atoms with E-state index in [2.05, 4.69) is 18.7 Å². The van der Waals surface area contributed by atoms with Gasteiger partial charge in [0.1, 0.15) is 0 Å². The molecule has 0 bridgehead atoms. The van der Waals surface area contributed by atoms with Crippen LogP contribution in [0.3, 0.4) is 0 Å². The van der Waals surface area contributed by atoms with Crippen molar-refractivity contribution in [1.82, 2.24) is 4.90 Å². The van der Waals surface area contributed by atoms with Gasteiger partial charge in [-0.3, -0.25) is 0 Å². The first kappa shape index (κ1) is 13.9. The van der Waals surface area contributed by atoms with Crippen LogP contribution in [0.5, 0.6) is 0 Å². The summed E-state index contributed by atoms with van der Waals surface area (Å²) in [5, 5.41) is 0. The van der Waals surface area contributed by atoms with Crippen molar-refractivity contribution in [2.75, 3.05) is 39.9 Å². The molecule has 0 aliphatic heterocycles. The molecule has 0 aliphatic carbocycles. The number of methoxy groups -OCH3 is 1. The Hall–Kier alpha value is -0.120. The highest BCUT2D eigenvalue weighted by atomic mass is 16.5. The minimum absolute atomic E-state index is 0.727. The standard InChI is InChI=1S/C11H26N2O/c1-11(2)10-13(8-9-14-3)7-5-4-6-12/h11H,4-10,12H2,1-3H3. The van der Waals surface area contributed by atoms with Crippen LogP contribution in [0.1, 0.15) is 26.7 Å². The monoisotopic (exact) mass is 202 g/mol. The first-order valence-corrected chi connectivity index (χ1v) is 5.62. The van der Waals surface area contributed by atoms with Crippen LogP contribution < -0.4 is 5.73 Å². The van der Waals surface area contributed by atoms with Crippen molar-refractivity contribution in [3.05, 3.63) is 0 Å². The Kier molecular flexibility index (Phi) is 9.35. The molecule has 14 heavy (non-hydrogen) atoms. The van der Waals surface area contributed by atoms with E-state index in [1.54, 1.807) is 7.11 Å². The summed E-state index contributed by atoms with van der Waals surface area (Å²) in [7, 11) is 1.76. The molecule has 0 aromatic heterocycles. The van der Waals surface area contributed by atoms with Gasteiger partial charge in [-0.05, 0) is 31.8 Å². The summed E-state index contributed by atoms with van der Waals surface area (Å²) in [5.74, 6) is 0.727. The van der Waals surface area contributed by atoms with E-state index in [1.807, 2.05) is 0 Å². The van der Waals surface area contributed by atoms with E-state index in [1.165, 1.54) is 6.42 Å². The molecule has 0 aromatic carbocycles. The number of hydrogen-bond donors (Lipinski definition) is 1. The summed E-state index contributed by atoms with van der Waals surface area (Å²) in [4.78, 5) is 2.46. The third kappa shape index (κ3) is 8.48. The third-order valence-corrected chi connectivity index (χ3v) is 2.16. The lowest BCUT2D eigenvalue weighted by atomic mass is 10.2. The van der Waals surface area contributed by atoms with E-state index in [0.29, 0.717) is 0 Å². The number of hydrogen-bond acceptors (Lipinski definition) is 3. The fourth-order valence-corrected chi connectivity index (χ4v) is 1.51. The Labute approximate surface area is 88.6 Å². The molecule has 0 radical (unpaired) electrons. The van der Waals surface area contributed by atoms with Gasteiger partial charge in [0.05, 0.1) is 6.61 Å². The summed E-state index contributed by atoms with van der Waals surface area (Å²) in [6, 6.07) is 0. The van der Waals surface area contributed by atoms with Crippen molar-refractivity contribution in [2.45, 2.75) is 26.7 Å². The Morgan fingerprint density at radius 1 is 1.21 bits per heavy atom. The summed E-state index contributed by atoms with van der Waals surface area (Å²) in [5.41, 5.74) is 5.47. The van der Waals surface area contributed by atoms with E-state index < -0.39 is 0 Å². The summed E-state index contributed by atoms with van der Waals surface area (Å²) < 4.78 is 5.09. The van der Waals surface area contributed by atoms with Crippen LogP contribution in [0.2, 0.25) is 0 Å². The van der Waals surface area contributed by atoms with E-state index in [4.69, 9.17) is 10.5 Å². The molecule has 0 spiro atoms.